The van der Waals surface area contributed by atoms with Gasteiger partial charge >= 0.3 is 0 Å². The smallest absolute Gasteiger partial charge is 0.220 e. The maximum Gasteiger partial charge on any atom is 0.220 e. The predicted molar refractivity (Wildman–Crippen MR) is 97.2 cm³/mol. The summed E-state index contributed by atoms with van der Waals surface area (Å²) in [4.78, 5) is 18.1. The van der Waals surface area contributed by atoms with Crippen LogP contribution in [-0.2, 0) is 6.54 Å². The molecule has 0 spiro atoms. The van der Waals surface area contributed by atoms with Crippen LogP contribution in [0.3, 0.4) is 0 Å². The number of hydrogen-bond donors (Lipinski definition) is 1. The van der Waals surface area contributed by atoms with Crippen LogP contribution in [0.2, 0.25) is 0 Å². The zero-order chi connectivity index (χ0) is 16.5. The Kier molecular flexibility index (Phi) is 4.37. The first-order chi connectivity index (χ1) is 11.7. The van der Waals surface area contributed by atoms with Gasteiger partial charge in [0.2, 0.25) is 5.95 Å². The minimum atomic E-state index is 0.372. The fourth-order valence-electron chi connectivity index (χ4n) is 3.43. The van der Waals surface area contributed by atoms with E-state index in [9.17, 15) is 0 Å². The number of thiazole rings is 1. The van der Waals surface area contributed by atoms with E-state index in [0.29, 0.717) is 17.9 Å². The Morgan fingerprint density at radius 2 is 2.21 bits per heavy atom. The van der Waals surface area contributed by atoms with E-state index in [1.807, 2.05) is 6.07 Å². The van der Waals surface area contributed by atoms with Gasteiger partial charge in [0.15, 0.2) is 5.13 Å². The predicted octanol–water partition coefficient (Wildman–Crippen LogP) is 2.49. The Balaban J connectivity index is 1.39. The molecule has 2 aromatic heterocycles. The molecule has 1 saturated carbocycles. The van der Waals surface area contributed by atoms with E-state index in [-0.39, 0.29) is 0 Å². The van der Waals surface area contributed by atoms with Crippen LogP contribution in [0.4, 0.5) is 11.1 Å². The number of aromatic nitrogens is 3. The number of likely N-dealkylation sites (tertiary alicyclic amines) is 1. The Morgan fingerprint density at radius 1 is 1.33 bits per heavy atom. The lowest BCUT2D eigenvalue weighted by Crippen LogP contribution is -2.34. The molecule has 1 aliphatic heterocycles. The highest BCUT2D eigenvalue weighted by Crippen LogP contribution is 2.32. The van der Waals surface area contributed by atoms with Crippen molar-refractivity contribution < 1.29 is 0 Å². The van der Waals surface area contributed by atoms with Crippen molar-refractivity contribution in [3.05, 3.63) is 29.0 Å². The molecular formula is C17H24N6S. The number of nitrogen functional groups attached to an aromatic ring is 1. The average Bonchev–Trinajstić information content (AvgIpc) is 3.34. The zero-order valence-electron chi connectivity index (χ0n) is 14.1. The summed E-state index contributed by atoms with van der Waals surface area (Å²) in [6.07, 6.45) is 6.73. The lowest BCUT2D eigenvalue weighted by atomic mass is 9.94. The molecule has 6 nitrogen and oxygen atoms in total. The van der Waals surface area contributed by atoms with Crippen LogP contribution in [0.15, 0.2) is 17.6 Å². The molecule has 1 aliphatic carbocycles. The van der Waals surface area contributed by atoms with Gasteiger partial charge in [-0.2, -0.15) is 0 Å². The maximum absolute atomic E-state index is 5.73. The van der Waals surface area contributed by atoms with Gasteiger partial charge in [0.05, 0.1) is 11.4 Å². The van der Waals surface area contributed by atoms with Crippen LogP contribution >= 0.6 is 11.3 Å². The second kappa shape index (κ2) is 6.64. The molecule has 4 rings (SSSR count). The molecule has 128 valence electrons. The number of hydrogen-bond acceptors (Lipinski definition) is 7. The molecule has 0 amide bonds. The van der Waals surface area contributed by atoms with Crippen LogP contribution in [-0.4, -0.2) is 46.0 Å². The van der Waals surface area contributed by atoms with Gasteiger partial charge in [0.1, 0.15) is 0 Å². The van der Waals surface area contributed by atoms with Crippen LogP contribution in [0.5, 0.6) is 0 Å². The van der Waals surface area contributed by atoms with Gasteiger partial charge < -0.3 is 10.6 Å². The van der Waals surface area contributed by atoms with Gasteiger partial charge in [-0.3, -0.25) is 4.90 Å². The van der Waals surface area contributed by atoms with Crippen molar-refractivity contribution in [2.75, 3.05) is 30.8 Å². The summed E-state index contributed by atoms with van der Waals surface area (Å²) in [5.74, 6) is 0.813. The van der Waals surface area contributed by atoms with Crippen molar-refractivity contribution in [1.82, 2.24) is 19.9 Å². The third-order valence-corrected chi connectivity index (χ3v) is 5.92. The number of nitrogens with two attached hydrogens (primary N) is 1. The van der Waals surface area contributed by atoms with Crippen LogP contribution < -0.4 is 10.6 Å². The summed E-state index contributed by atoms with van der Waals surface area (Å²) in [6, 6.07) is 2.71. The molecule has 7 heteroatoms. The monoisotopic (exact) mass is 344 g/mol. The summed E-state index contributed by atoms with van der Waals surface area (Å²) in [6.45, 7) is 3.07. The van der Waals surface area contributed by atoms with E-state index in [2.05, 4.69) is 32.2 Å². The fraction of sp³-hybridized carbons (Fsp3) is 0.588. The lowest BCUT2D eigenvalue weighted by molar-refractivity contribution is 0.197. The SMILES string of the molecule is CN(c1nc(CN2CCCC(c3ccnc(N)n3)C2)cs1)C1CC1. The lowest BCUT2D eigenvalue weighted by Gasteiger charge is -2.31. The molecule has 2 aromatic rings. The molecule has 1 atom stereocenters. The summed E-state index contributed by atoms with van der Waals surface area (Å²) in [5, 5.41) is 3.37. The molecule has 2 aliphatic rings. The van der Waals surface area contributed by atoms with Crippen molar-refractivity contribution in [2.45, 2.75) is 44.2 Å². The standard InChI is InChI=1S/C17H24N6S/c1-22(14-4-5-14)17-20-13(11-24-17)10-23-8-2-3-12(9-23)15-6-7-19-16(18)21-15/h6-7,11-12,14H,2-5,8-10H2,1H3,(H2,18,19,21). The first kappa shape index (κ1) is 15.8. The highest BCUT2D eigenvalue weighted by molar-refractivity contribution is 7.13. The van der Waals surface area contributed by atoms with Crippen molar-refractivity contribution in [3.63, 3.8) is 0 Å². The van der Waals surface area contributed by atoms with E-state index >= 15 is 0 Å². The molecule has 0 bridgehead atoms. The van der Waals surface area contributed by atoms with E-state index in [1.54, 1.807) is 17.5 Å². The van der Waals surface area contributed by atoms with Gasteiger partial charge in [-0.05, 0) is 38.3 Å². The first-order valence-corrected chi connectivity index (χ1v) is 9.55. The van der Waals surface area contributed by atoms with Crippen LogP contribution in [0.1, 0.15) is 43.0 Å². The molecule has 24 heavy (non-hydrogen) atoms. The quantitative estimate of drug-likeness (QED) is 0.898. The summed E-state index contributed by atoms with van der Waals surface area (Å²) >= 11 is 1.76. The number of nitrogens with zero attached hydrogens (tertiary/aromatic N) is 5. The summed E-state index contributed by atoms with van der Waals surface area (Å²) in [7, 11) is 2.16. The molecule has 1 unspecified atom stereocenters. The molecule has 0 aromatic carbocycles. The average molecular weight is 344 g/mol. The Morgan fingerprint density at radius 3 is 3.00 bits per heavy atom. The molecule has 0 radical (unpaired) electrons. The van der Waals surface area contributed by atoms with Crippen molar-refractivity contribution in [2.24, 2.45) is 0 Å². The maximum atomic E-state index is 5.73. The molecule has 2 N–H and O–H groups in total. The Hall–Kier alpha value is -1.73. The highest BCUT2D eigenvalue weighted by atomic mass is 32.1. The third-order valence-electron chi connectivity index (χ3n) is 4.94. The highest BCUT2D eigenvalue weighted by Gasteiger charge is 2.28. The van der Waals surface area contributed by atoms with Crippen molar-refractivity contribution >= 4 is 22.4 Å². The number of rotatable bonds is 5. The Labute approximate surface area is 146 Å². The van der Waals surface area contributed by atoms with Gasteiger partial charge in [-0.1, -0.05) is 0 Å². The topological polar surface area (TPSA) is 71.2 Å². The van der Waals surface area contributed by atoms with E-state index in [0.717, 1.165) is 30.5 Å². The van der Waals surface area contributed by atoms with E-state index in [4.69, 9.17) is 10.7 Å². The fourth-order valence-corrected chi connectivity index (χ4v) is 4.29. The molecule has 2 fully saturated rings. The van der Waals surface area contributed by atoms with Gasteiger partial charge in [0.25, 0.3) is 0 Å². The van der Waals surface area contributed by atoms with Crippen molar-refractivity contribution in [3.8, 4) is 0 Å². The first-order valence-electron chi connectivity index (χ1n) is 8.67. The molecular weight excluding hydrogens is 320 g/mol. The minimum absolute atomic E-state index is 0.372. The second-order valence-corrected chi connectivity index (χ2v) is 7.71. The van der Waals surface area contributed by atoms with Gasteiger partial charge in [-0.15, -0.1) is 11.3 Å². The summed E-state index contributed by atoms with van der Waals surface area (Å²) < 4.78 is 0. The molecule has 3 heterocycles. The van der Waals surface area contributed by atoms with E-state index < -0.39 is 0 Å². The second-order valence-electron chi connectivity index (χ2n) is 6.88. The Bertz CT molecular complexity index is 698. The minimum Gasteiger partial charge on any atom is -0.368 e. The number of anilines is 2. The van der Waals surface area contributed by atoms with Crippen LogP contribution in [0.25, 0.3) is 0 Å². The largest absolute Gasteiger partial charge is 0.368 e. The van der Waals surface area contributed by atoms with Gasteiger partial charge in [-0.25, -0.2) is 15.0 Å². The van der Waals surface area contributed by atoms with E-state index in [1.165, 1.54) is 31.4 Å². The van der Waals surface area contributed by atoms with Gasteiger partial charge in [0, 0.05) is 43.7 Å². The molecule has 1 saturated heterocycles. The zero-order valence-corrected chi connectivity index (χ0v) is 14.9. The normalized spacial score (nSPS) is 21.8. The summed E-state index contributed by atoms with van der Waals surface area (Å²) in [5.41, 5.74) is 7.99. The van der Waals surface area contributed by atoms with Crippen LogP contribution in [0, 0.1) is 0 Å². The van der Waals surface area contributed by atoms with Crippen molar-refractivity contribution in [1.29, 1.82) is 0 Å². The number of piperidine rings is 1. The third kappa shape index (κ3) is 3.52.